The van der Waals surface area contributed by atoms with Crippen LogP contribution in [0, 0.1) is 10.1 Å². The molecule has 4 rings (SSSR count). The van der Waals surface area contributed by atoms with E-state index in [9.17, 15) is 19.7 Å². The van der Waals surface area contributed by atoms with Gasteiger partial charge in [0.2, 0.25) is 0 Å². The number of hydrogen-bond acceptors (Lipinski definition) is 6. The normalized spacial score (nSPS) is 14.0. The minimum atomic E-state index is -0.508. The summed E-state index contributed by atoms with van der Waals surface area (Å²) >= 11 is 0. The van der Waals surface area contributed by atoms with Crippen LogP contribution in [-0.2, 0) is 21.5 Å². The first-order valence-corrected chi connectivity index (χ1v) is 10.8. The summed E-state index contributed by atoms with van der Waals surface area (Å²) in [7, 11) is 0. The lowest BCUT2D eigenvalue weighted by molar-refractivity contribution is -0.384. The molecule has 0 saturated carbocycles. The van der Waals surface area contributed by atoms with Gasteiger partial charge < -0.3 is 5.32 Å². The maximum absolute atomic E-state index is 13.4. The minimum Gasteiger partial charge on any atom is -0.350 e. The lowest BCUT2D eigenvalue weighted by atomic mass is 9.87. The maximum Gasteiger partial charge on any atom is 0.278 e. The molecule has 0 bridgehead atoms. The van der Waals surface area contributed by atoms with E-state index in [-0.39, 0.29) is 28.9 Å². The van der Waals surface area contributed by atoms with Gasteiger partial charge in [0, 0.05) is 30.2 Å². The Labute approximate surface area is 197 Å². The van der Waals surface area contributed by atoms with E-state index in [0.29, 0.717) is 11.3 Å². The van der Waals surface area contributed by atoms with E-state index in [2.05, 4.69) is 31.1 Å². The van der Waals surface area contributed by atoms with Crippen molar-refractivity contribution >= 4 is 28.8 Å². The number of nitrogens with zero attached hydrogens (tertiary/aromatic N) is 3. The van der Waals surface area contributed by atoms with Gasteiger partial charge >= 0.3 is 0 Å². The van der Waals surface area contributed by atoms with Crippen LogP contribution >= 0.6 is 0 Å². The average molecular weight is 457 g/mol. The number of aromatic nitrogens is 1. The summed E-state index contributed by atoms with van der Waals surface area (Å²) < 4.78 is 0. The van der Waals surface area contributed by atoms with E-state index in [1.165, 1.54) is 24.3 Å². The maximum atomic E-state index is 13.4. The molecule has 0 aliphatic carbocycles. The molecule has 1 aromatic heterocycles. The van der Waals surface area contributed by atoms with E-state index in [1.807, 2.05) is 24.3 Å². The van der Waals surface area contributed by atoms with Crippen molar-refractivity contribution in [2.24, 2.45) is 0 Å². The van der Waals surface area contributed by atoms with Crippen molar-refractivity contribution in [3.8, 4) is 0 Å². The number of imide groups is 1. The standard InChI is InChI=1S/C26H24N4O4/c1-26(2,3)19-6-8-20(9-7-19)28-23-22(18-4-10-21(11-5-18)30(33)34)24(31)29(25(23)32)16-17-12-14-27-15-13-17/h4-15,28H,16H2,1-3H3. The third-order valence-corrected chi connectivity index (χ3v) is 5.65. The molecular formula is C26H24N4O4. The second kappa shape index (κ2) is 8.90. The summed E-state index contributed by atoms with van der Waals surface area (Å²) in [4.78, 5) is 42.4. The molecule has 1 aliphatic rings. The number of nitro benzene ring substituents is 1. The molecule has 0 unspecified atom stereocenters. The van der Waals surface area contributed by atoms with Gasteiger partial charge in [-0.1, -0.05) is 32.9 Å². The predicted octanol–water partition coefficient (Wildman–Crippen LogP) is 4.68. The van der Waals surface area contributed by atoms with Gasteiger partial charge in [0.1, 0.15) is 5.70 Å². The van der Waals surface area contributed by atoms with E-state index in [4.69, 9.17) is 0 Å². The van der Waals surface area contributed by atoms with Gasteiger partial charge in [-0.15, -0.1) is 0 Å². The van der Waals surface area contributed by atoms with Gasteiger partial charge in [0.25, 0.3) is 17.5 Å². The molecule has 8 heteroatoms. The lowest BCUT2D eigenvalue weighted by Crippen LogP contribution is -2.32. The summed E-state index contributed by atoms with van der Waals surface area (Å²) in [6.07, 6.45) is 3.20. The number of benzene rings is 2. The molecule has 2 amide bonds. The molecule has 0 spiro atoms. The molecule has 34 heavy (non-hydrogen) atoms. The minimum absolute atomic E-state index is 0.0256. The number of amides is 2. The second-order valence-corrected chi connectivity index (χ2v) is 9.06. The van der Waals surface area contributed by atoms with Gasteiger partial charge in [-0.05, 0) is 58.5 Å². The summed E-state index contributed by atoms with van der Waals surface area (Å²) in [5.74, 6) is -0.931. The van der Waals surface area contributed by atoms with E-state index in [1.54, 1.807) is 24.5 Å². The van der Waals surface area contributed by atoms with Crippen molar-refractivity contribution < 1.29 is 14.5 Å². The second-order valence-electron chi connectivity index (χ2n) is 9.06. The quantitative estimate of drug-likeness (QED) is 0.328. The number of hydrogen-bond donors (Lipinski definition) is 1. The fourth-order valence-electron chi connectivity index (χ4n) is 3.72. The Morgan fingerprint density at radius 3 is 2.09 bits per heavy atom. The Kier molecular flexibility index (Phi) is 5.98. The Balaban J connectivity index is 1.72. The summed E-state index contributed by atoms with van der Waals surface area (Å²) in [6.45, 7) is 6.42. The fraction of sp³-hybridized carbons (Fsp3) is 0.192. The van der Waals surface area contributed by atoms with E-state index >= 15 is 0 Å². The molecule has 8 nitrogen and oxygen atoms in total. The molecule has 2 heterocycles. The van der Waals surface area contributed by atoms with Gasteiger partial charge in [-0.3, -0.25) is 29.6 Å². The highest BCUT2D eigenvalue weighted by Crippen LogP contribution is 2.33. The van der Waals surface area contributed by atoms with Crippen LogP contribution in [0.3, 0.4) is 0 Å². The smallest absolute Gasteiger partial charge is 0.278 e. The Morgan fingerprint density at radius 2 is 1.53 bits per heavy atom. The zero-order valence-corrected chi connectivity index (χ0v) is 19.1. The van der Waals surface area contributed by atoms with Gasteiger partial charge in [-0.25, -0.2) is 0 Å². The Bertz CT molecular complexity index is 1280. The highest BCUT2D eigenvalue weighted by Gasteiger charge is 2.39. The number of non-ortho nitro benzene ring substituents is 1. The molecule has 3 aromatic rings. The first-order valence-electron chi connectivity index (χ1n) is 10.8. The van der Waals surface area contributed by atoms with Crippen LogP contribution in [-0.4, -0.2) is 26.6 Å². The van der Waals surface area contributed by atoms with Crippen molar-refractivity contribution in [2.45, 2.75) is 32.7 Å². The van der Waals surface area contributed by atoms with Crippen molar-refractivity contribution in [3.63, 3.8) is 0 Å². The van der Waals surface area contributed by atoms with Crippen molar-refractivity contribution in [2.75, 3.05) is 5.32 Å². The van der Waals surface area contributed by atoms with Gasteiger partial charge in [0.15, 0.2) is 0 Å². The molecule has 2 aromatic carbocycles. The number of pyridine rings is 1. The molecule has 0 atom stereocenters. The van der Waals surface area contributed by atoms with E-state index < -0.39 is 16.7 Å². The van der Waals surface area contributed by atoms with Crippen molar-refractivity contribution in [1.82, 2.24) is 9.88 Å². The SMILES string of the molecule is CC(C)(C)c1ccc(NC2=C(c3ccc([N+](=O)[O-])cc3)C(=O)N(Cc3ccncc3)C2=O)cc1. The van der Waals surface area contributed by atoms with Gasteiger partial charge in [-0.2, -0.15) is 0 Å². The van der Waals surface area contributed by atoms with Crippen LogP contribution in [0.1, 0.15) is 37.5 Å². The van der Waals surface area contributed by atoms with Crippen LogP contribution in [0.25, 0.3) is 5.57 Å². The van der Waals surface area contributed by atoms with Crippen LogP contribution in [0.15, 0.2) is 78.8 Å². The van der Waals surface area contributed by atoms with Crippen LogP contribution in [0.4, 0.5) is 11.4 Å². The zero-order chi connectivity index (χ0) is 24.5. The lowest BCUT2D eigenvalue weighted by Gasteiger charge is -2.19. The molecule has 0 saturated heterocycles. The highest BCUT2D eigenvalue weighted by atomic mass is 16.6. The topological polar surface area (TPSA) is 105 Å². The van der Waals surface area contributed by atoms with Crippen molar-refractivity contribution in [1.29, 1.82) is 0 Å². The first kappa shape index (κ1) is 22.8. The number of nitrogens with one attached hydrogen (secondary N) is 1. The van der Waals surface area contributed by atoms with E-state index in [0.717, 1.165) is 16.0 Å². The number of rotatable bonds is 6. The monoisotopic (exact) mass is 456 g/mol. The third kappa shape index (κ3) is 4.56. The third-order valence-electron chi connectivity index (χ3n) is 5.65. The number of nitro groups is 1. The first-order chi connectivity index (χ1) is 16.1. The summed E-state index contributed by atoms with van der Waals surface area (Å²) in [5.41, 5.74) is 3.17. The van der Waals surface area contributed by atoms with Gasteiger partial charge in [0.05, 0.1) is 17.0 Å². The molecular weight excluding hydrogens is 432 g/mol. The van der Waals surface area contributed by atoms with Crippen LogP contribution < -0.4 is 5.32 Å². The average Bonchev–Trinajstić information content (AvgIpc) is 3.04. The molecule has 1 N–H and O–H groups in total. The molecule has 1 aliphatic heterocycles. The van der Waals surface area contributed by atoms with Crippen LogP contribution in [0.5, 0.6) is 0 Å². The fourth-order valence-corrected chi connectivity index (χ4v) is 3.72. The summed E-state index contributed by atoms with van der Waals surface area (Å²) in [6, 6.07) is 16.8. The molecule has 0 radical (unpaired) electrons. The predicted molar refractivity (Wildman–Crippen MR) is 129 cm³/mol. The Hall–Kier alpha value is -4.33. The van der Waals surface area contributed by atoms with Crippen LogP contribution in [0.2, 0.25) is 0 Å². The number of carbonyl (C=O) groups is 2. The molecule has 0 fully saturated rings. The molecule has 172 valence electrons. The number of carbonyl (C=O) groups excluding carboxylic acids is 2. The summed E-state index contributed by atoms with van der Waals surface area (Å²) in [5, 5.41) is 14.2. The zero-order valence-electron chi connectivity index (χ0n) is 19.1. The largest absolute Gasteiger partial charge is 0.350 e. The number of anilines is 1. The van der Waals surface area contributed by atoms with Crippen molar-refractivity contribution in [3.05, 3.63) is 106 Å². The Morgan fingerprint density at radius 1 is 0.912 bits per heavy atom. The highest BCUT2D eigenvalue weighted by molar-refractivity contribution is 6.36.